The van der Waals surface area contributed by atoms with E-state index in [1.165, 1.54) is 6.92 Å². The number of furan rings is 1. The molecule has 0 unspecified atom stereocenters. The van der Waals surface area contributed by atoms with Crippen LogP contribution in [-0.4, -0.2) is 17.9 Å². The number of fused-ring (bicyclic) bond motifs is 2. The second-order valence-electron chi connectivity index (χ2n) is 8.76. The molecule has 0 saturated heterocycles. The monoisotopic (exact) mass is 412 g/mol. The molecule has 2 aromatic heterocycles. The minimum Gasteiger partial charge on any atom is -0.548 e. The van der Waals surface area contributed by atoms with Crippen molar-refractivity contribution in [2.24, 2.45) is 0 Å². The van der Waals surface area contributed by atoms with E-state index in [0.717, 1.165) is 27.5 Å². The van der Waals surface area contributed by atoms with Crippen molar-refractivity contribution in [3.8, 4) is 0 Å². The van der Waals surface area contributed by atoms with Gasteiger partial charge in [-0.1, -0.05) is 20.8 Å². The second kappa shape index (κ2) is 7.63. The van der Waals surface area contributed by atoms with Crippen molar-refractivity contribution in [3.05, 3.63) is 45.0 Å². The highest BCUT2D eigenvalue weighted by Crippen LogP contribution is 2.37. The fourth-order valence-corrected chi connectivity index (χ4v) is 3.68. The summed E-state index contributed by atoms with van der Waals surface area (Å²) in [7, 11) is 0. The molecule has 7 nitrogen and oxygen atoms in total. The van der Waals surface area contributed by atoms with Crippen LogP contribution in [0.3, 0.4) is 0 Å². The van der Waals surface area contributed by atoms with Gasteiger partial charge in [-0.05, 0) is 44.2 Å². The van der Waals surface area contributed by atoms with Crippen LogP contribution in [0.25, 0.3) is 21.9 Å². The molecule has 3 aromatic rings. The first-order chi connectivity index (χ1) is 13.9. The van der Waals surface area contributed by atoms with Crippen LogP contribution in [0.5, 0.6) is 0 Å². The summed E-state index contributed by atoms with van der Waals surface area (Å²) in [6.45, 7) is 11.3. The third-order valence-corrected chi connectivity index (χ3v) is 5.48. The minimum atomic E-state index is -1.36. The zero-order valence-electron chi connectivity index (χ0n) is 18.1. The zero-order valence-corrected chi connectivity index (χ0v) is 18.1. The van der Waals surface area contributed by atoms with Crippen LogP contribution in [0, 0.1) is 13.8 Å². The van der Waals surface area contributed by atoms with Gasteiger partial charge in [-0.25, -0.2) is 4.79 Å². The first-order valence-corrected chi connectivity index (χ1v) is 9.89. The minimum absolute atomic E-state index is 0.0328. The number of rotatable bonds is 5. The molecule has 2 heterocycles. The molecular formula is C23H26NO6-. The van der Waals surface area contributed by atoms with Gasteiger partial charge in [0, 0.05) is 33.9 Å². The molecule has 7 heteroatoms. The van der Waals surface area contributed by atoms with E-state index >= 15 is 0 Å². The molecule has 0 aliphatic heterocycles. The average Bonchev–Trinajstić information content (AvgIpc) is 3.07. The Labute approximate surface area is 174 Å². The summed E-state index contributed by atoms with van der Waals surface area (Å²) in [5.74, 6) is -1.83. The molecule has 0 fully saturated rings. The molecular weight excluding hydrogens is 386 g/mol. The Morgan fingerprint density at radius 1 is 1.13 bits per heavy atom. The third kappa shape index (κ3) is 3.84. The van der Waals surface area contributed by atoms with Gasteiger partial charge in [0.1, 0.15) is 11.2 Å². The van der Waals surface area contributed by atoms with Crippen LogP contribution < -0.4 is 16.0 Å². The molecule has 0 aliphatic rings. The molecule has 1 N–H and O–H groups in total. The summed E-state index contributed by atoms with van der Waals surface area (Å²) < 4.78 is 11.4. The van der Waals surface area contributed by atoms with Crippen LogP contribution in [0.1, 0.15) is 56.4 Å². The molecule has 1 amide bonds. The van der Waals surface area contributed by atoms with Crippen LogP contribution in [-0.2, 0) is 21.4 Å². The van der Waals surface area contributed by atoms with E-state index in [0.29, 0.717) is 16.7 Å². The van der Waals surface area contributed by atoms with E-state index < -0.39 is 23.5 Å². The van der Waals surface area contributed by atoms with Gasteiger partial charge < -0.3 is 24.1 Å². The van der Waals surface area contributed by atoms with Gasteiger partial charge in [-0.3, -0.25) is 4.79 Å². The van der Waals surface area contributed by atoms with Crippen molar-refractivity contribution in [2.45, 2.75) is 65.8 Å². The molecule has 3 rings (SSSR count). The smallest absolute Gasteiger partial charge is 0.339 e. The van der Waals surface area contributed by atoms with E-state index in [1.807, 2.05) is 19.9 Å². The van der Waals surface area contributed by atoms with Crippen molar-refractivity contribution in [2.75, 3.05) is 0 Å². The molecule has 0 saturated carbocycles. The Morgan fingerprint density at radius 2 is 1.80 bits per heavy atom. The van der Waals surface area contributed by atoms with E-state index in [-0.39, 0.29) is 18.3 Å². The van der Waals surface area contributed by atoms with E-state index in [1.54, 1.807) is 6.26 Å². The number of benzene rings is 1. The normalized spacial score (nSPS) is 13.0. The Bertz CT molecular complexity index is 1210. The highest BCUT2D eigenvalue weighted by molar-refractivity contribution is 6.00. The van der Waals surface area contributed by atoms with Crippen molar-refractivity contribution in [1.82, 2.24) is 5.32 Å². The molecule has 160 valence electrons. The highest BCUT2D eigenvalue weighted by Gasteiger charge is 2.23. The highest BCUT2D eigenvalue weighted by atomic mass is 16.4. The summed E-state index contributed by atoms with van der Waals surface area (Å²) in [5, 5.41) is 14.9. The molecule has 0 aliphatic carbocycles. The van der Waals surface area contributed by atoms with E-state index in [2.05, 4.69) is 26.1 Å². The van der Waals surface area contributed by atoms with Crippen molar-refractivity contribution < 1.29 is 23.5 Å². The van der Waals surface area contributed by atoms with Crippen LogP contribution in [0.2, 0.25) is 0 Å². The number of nitrogens with one attached hydrogen (secondary N) is 1. The predicted molar refractivity (Wildman–Crippen MR) is 111 cm³/mol. The number of carbonyl (C=O) groups is 2. The molecule has 30 heavy (non-hydrogen) atoms. The average molecular weight is 412 g/mol. The standard InChI is InChI=1S/C23H27NO6/c1-11-14(7-8-18(25)24-13(3)21(26)27)22(28)30-20-12(2)19-16(9-15(11)20)17(10-29-19)23(4,5)6/h9-10,13H,7-8H2,1-6H3,(H,24,25)(H,26,27)/p-1/t13-/m0/s1. The lowest BCUT2D eigenvalue weighted by Gasteiger charge is -2.17. The number of hydrogen-bond acceptors (Lipinski definition) is 6. The van der Waals surface area contributed by atoms with E-state index in [4.69, 9.17) is 8.83 Å². The summed E-state index contributed by atoms with van der Waals surface area (Å²) in [5.41, 5.74) is 3.50. The van der Waals surface area contributed by atoms with Gasteiger partial charge >= 0.3 is 5.63 Å². The maximum absolute atomic E-state index is 12.6. The SMILES string of the molecule is Cc1c(CCC(=O)N[C@@H](C)C(=O)[O-])c(=O)oc2c(C)c3occ(C(C)(C)C)c3cc12. The largest absolute Gasteiger partial charge is 0.548 e. The summed E-state index contributed by atoms with van der Waals surface area (Å²) in [6, 6.07) is 0.876. The lowest BCUT2D eigenvalue weighted by atomic mass is 9.86. The quantitative estimate of drug-likeness (QED) is 0.645. The Hall–Kier alpha value is -3.09. The first kappa shape index (κ1) is 21.6. The number of carboxylic acids is 1. The Balaban J connectivity index is 2.05. The predicted octanol–water partition coefficient (Wildman–Crippen LogP) is 2.64. The van der Waals surface area contributed by atoms with Crippen molar-refractivity contribution in [3.63, 3.8) is 0 Å². The fourth-order valence-electron chi connectivity index (χ4n) is 3.68. The van der Waals surface area contributed by atoms with Gasteiger partial charge in [0.15, 0.2) is 0 Å². The number of amides is 1. The third-order valence-electron chi connectivity index (χ3n) is 5.48. The first-order valence-electron chi connectivity index (χ1n) is 9.89. The van der Waals surface area contributed by atoms with Crippen LogP contribution in [0.4, 0.5) is 0 Å². The van der Waals surface area contributed by atoms with Gasteiger partial charge in [0.05, 0.1) is 18.3 Å². The van der Waals surface area contributed by atoms with Gasteiger partial charge in [-0.2, -0.15) is 0 Å². The van der Waals surface area contributed by atoms with Crippen LogP contribution >= 0.6 is 0 Å². The Morgan fingerprint density at radius 3 is 2.40 bits per heavy atom. The van der Waals surface area contributed by atoms with Crippen LogP contribution in [0.15, 0.2) is 26.0 Å². The number of hydrogen-bond donors (Lipinski definition) is 1. The molecule has 1 aromatic carbocycles. The number of carboxylic acid groups (broad SMARTS) is 1. The maximum atomic E-state index is 12.6. The number of aryl methyl sites for hydroxylation is 2. The summed E-state index contributed by atoms with van der Waals surface area (Å²) >= 11 is 0. The second-order valence-corrected chi connectivity index (χ2v) is 8.76. The lowest BCUT2D eigenvalue weighted by Crippen LogP contribution is -2.46. The summed E-state index contributed by atoms with van der Waals surface area (Å²) in [6.07, 6.45) is 1.85. The maximum Gasteiger partial charge on any atom is 0.339 e. The van der Waals surface area contributed by atoms with Gasteiger partial charge in [-0.15, -0.1) is 0 Å². The van der Waals surface area contributed by atoms with Gasteiger partial charge in [0.2, 0.25) is 5.91 Å². The molecule has 0 radical (unpaired) electrons. The summed E-state index contributed by atoms with van der Waals surface area (Å²) in [4.78, 5) is 35.4. The topological polar surface area (TPSA) is 113 Å². The van der Waals surface area contributed by atoms with Crippen molar-refractivity contribution in [1.29, 1.82) is 0 Å². The molecule has 0 bridgehead atoms. The Kier molecular flexibility index (Phi) is 5.50. The number of carbonyl (C=O) groups excluding carboxylic acids is 2. The van der Waals surface area contributed by atoms with E-state index in [9.17, 15) is 19.5 Å². The fraction of sp³-hybridized carbons (Fsp3) is 0.435. The van der Waals surface area contributed by atoms with Crippen molar-refractivity contribution >= 4 is 33.8 Å². The number of aliphatic carboxylic acids is 1. The molecule has 0 spiro atoms. The zero-order chi connectivity index (χ0) is 22.4. The molecule has 1 atom stereocenters. The van der Waals surface area contributed by atoms with Gasteiger partial charge in [0.25, 0.3) is 0 Å². The lowest BCUT2D eigenvalue weighted by molar-refractivity contribution is -0.307.